The van der Waals surface area contributed by atoms with Crippen molar-refractivity contribution < 1.29 is 23.9 Å². The first-order chi connectivity index (χ1) is 14.0. The van der Waals surface area contributed by atoms with Crippen LogP contribution >= 0.6 is 11.3 Å². The minimum atomic E-state index is -0.632. The van der Waals surface area contributed by atoms with Crippen LogP contribution in [0.4, 0.5) is 0 Å². The number of piperidine rings is 1. The number of hydrogen-bond acceptors (Lipinski definition) is 6. The molecule has 0 spiro atoms. The summed E-state index contributed by atoms with van der Waals surface area (Å²) in [5, 5.41) is 1.85. The Morgan fingerprint density at radius 2 is 1.72 bits per heavy atom. The highest BCUT2D eigenvalue weighted by atomic mass is 32.1. The van der Waals surface area contributed by atoms with Gasteiger partial charge in [-0.3, -0.25) is 30.0 Å². The number of hydrazine groups is 1. The number of esters is 1. The average Bonchev–Trinajstić information content (AvgIpc) is 3.31. The number of ether oxygens (including phenoxy) is 1. The van der Waals surface area contributed by atoms with E-state index in [1.807, 2.05) is 11.4 Å². The molecular formula is C20H21N3O5S. The third kappa shape index (κ3) is 5.64. The van der Waals surface area contributed by atoms with Crippen LogP contribution in [0.5, 0.6) is 0 Å². The maximum absolute atomic E-state index is 12.3. The van der Waals surface area contributed by atoms with Gasteiger partial charge >= 0.3 is 5.97 Å². The monoisotopic (exact) mass is 415 g/mol. The van der Waals surface area contributed by atoms with E-state index in [1.165, 1.54) is 11.3 Å². The lowest BCUT2D eigenvalue weighted by atomic mass is 9.97. The second-order valence-electron chi connectivity index (χ2n) is 6.52. The van der Waals surface area contributed by atoms with Gasteiger partial charge in [-0.15, -0.1) is 11.3 Å². The predicted molar refractivity (Wildman–Crippen MR) is 106 cm³/mol. The Bertz CT molecular complexity index is 862. The summed E-state index contributed by atoms with van der Waals surface area (Å²) in [5.74, 6) is -1.95. The number of nitrogens with zero attached hydrogens (tertiary/aromatic N) is 1. The van der Waals surface area contributed by atoms with E-state index < -0.39 is 24.4 Å². The van der Waals surface area contributed by atoms with Crippen molar-refractivity contribution in [2.45, 2.75) is 12.8 Å². The first-order valence-corrected chi connectivity index (χ1v) is 10.1. The summed E-state index contributed by atoms with van der Waals surface area (Å²) in [6, 6.07) is 12.0. The Kier molecular flexibility index (Phi) is 6.96. The number of rotatable bonds is 5. The van der Waals surface area contributed by atoms with Gasteiger partial charge in [-0.1, -0.05) is 24.3 Å². The number of carbonyl (C=O) groups excluding carboxylic acids is 4. The number of benzene rings is 1. The number of thiophene rings is 1. The number of nitrogens with one attached hydrogen (secondary N) is 2. The van der Waals surface area contributed by atoms with E-state index in [-0.39, 0.29) is 11.8 Å². The molecule has 2 heterocycles. The van der Waals surface area contributed by atoms with Gasteiger partial charge in [0, 0.05) is 18.7 Å². The molecule has 1 aromatic heterocycles. The van der Waals surface area contributed by atoms with Crippen LogP contribution in [0, 0.1) is 5.92 Å². The highest BCUT2D eigenvalue weighted by Gasteiger charge is 2.29. The standard InChI is InChI=1S/C20H21N3O5S/c24-17(21-22-18(25)14-5-2-1-3-6-14)13-28-20(27)15-8-10-23(11-9-15)19(26)16-7-4-12-29-16/h1-7,12,15H,8-11,13H2,(H,21,24)(H,22,25). The fraction of sp³-hybridized carbons (Fsp3) is 0.300. The maximum Gasteiger partial charge on any atom is 0.309 e. The molecule has 0 bridgehead atoms. The zero-order chi connectivity index (χ0) is 20.6. The Morgan fingerprint density at radius 1 is 1.00 bits per heavy atom. The molecule has 2 aromatic rings. The molecule has 0 saturated carbocycles. The molecule has 1 aliphatic heterocycles. The summed E-state index contributed by atoms with van der Waals surface area (Å²) >= 11 is 1.39. The molecule has 1 aliphatic rings. The summed E-state index contributed by atoms with van der Waals surface area (Å²) in [6.45, 7) is 0.452. The normalized spacial score (nSPS) is 14.1. The molecule has 1 aromatic carbocycles. The largest absolute Gasteiger partial charge is 0.455 e. The van der Waals surface area contributed by atoms with Gasteiger partial charge in [0.15, 0.2) is 6.61 Å². The molecule has 0 radical (unpaired) electrons. The second kappa shape index (κ2) is 9.83. The summed E-state index contributed by atoms with van der Waals surface area (Å²) in [5.41, 5.74) is 4.87. The lowest BCUT2D eigenvalue weighted by Crippen LogP contribution is -2.44. The fourth-order valence-electron chi connectivity index (χ4n) is 2.95. The average molecular weight is 415 g/mol. The van der Waals surface area contributed by atoms with E-state index in [0.717, 1.165) is 0 Å². The van der Waals surface area contributed by atoms with Crippen molar-refractivity contribution in [2.75, 3.05) is 19.7 Å². The van der Waals surface area contributed by atoms with Crippen molar-refractivity contribution in [3.63, 3.8) is 0 Å². The van der Waals surface area contributed by atoms with Gasteiger partial charge in [0.2, 0.25) is 0 Å². The summed E-state index contributed by atoms with van der Waals surface area (Å²) in [4.78, 5) is 50.5. The van der Waals surface area contributed by atoms with Gasteiger partial charge in [0.1, 0.15) is 0 Å². The summed E-state index contributed by atoms with van der Waals surface area (Å²) in [6.07, 6.45) is 0.977. The van der Waals surface area contributed by atoms with Gasteiger partial charge in [0.25, 0.3) is 17.7 Å². The van der Waals surface area contributed by atoms with Gasteiger partial charge in [0.05, 0.1) is 10.8 Å². The van der Waals surface area contributed by atoms with Crippen LogP contribution in [0.15, 0.2) is 47.8 Å². The lowest BCUT2D eigenvalue weighted by Gasteiger charge is -2.30. The van der Waals surface area contributed by atoms with Gasteiger partial charge in [-0.25, -0.2) is 0 Å². The third-order valence-corrected chi connectivity index (χ3v) is 5.40. The van der Waals surface area contributed by atoms with Crippen molar-refractivity contribution in [3.8, 4) is 0 Å². The van der Waals surface area contributed by atoms with E-state index in [2.05, 4.69) is 10.9 Å². The Hall–Kier alpha value is -3.20. The van der Waals surface area contributed by atoms with Crippen LogP contribution in [0.2, 0.25) is 0 Å². The first kappa shape index (κ1) is 20.5. The van der Waals surface area contributed by atoms with Crippen LogP contribution in [0.25, 0.3) is 0 Å². The topological polar surface area (TPSA) is 105 Å². The minimum Gasteiger partial charge on any atom is -0.455 e. The summed E-state index contributed by atoms with van der Waals surface area (Å²) in [7, 11) is 0. The molecule has 8 nitrogen and oxygen atoms in total. The van der Waals surface area contributed by atoms with Crippen LogP contribution < -0.4 is 10.9 Å². The van der Waals surface area contributed by atoms with Crippen LogP contribution in [-0.4, -0.2) is 48.3 Å². The SMILES string of the molecule is O=C(COC(=O)C1CCN(C(=O)c2cccs2)CC1)NNC(=O)c1ccccc1. The minimum absolute atomic E-state index is 0.0275. The smallest absolute Gasteiger partial charge is 0.309 e. The molecule has 152 valence electrons. The molecule has 29 heavy (non-hydrogen) atoms. The van der Waals surface area contributed by atoms with E-state index in [9.17, 15) is 19.2 Å². The number of hydrogen-bond donors (Lipinski definition) is 2. The van der Waals surface area contributed by atoms with Crippen molar-refractivity contribution in [1.29, 1.82) is 0 Å². The zero-order valence-electron chi connectivity index (χ0n) is 15.6. The lowest BCUT2D eigenvalue weighted by molar-refractivity contribution is -0.154. The van der Waals surface area contributed by atoms with Crippen LogP contribution in [0.3, 0.4) is 0 Å². The fourth-order valence-corrected chi connectivity index (χ4v) is 3.64. The molecule has 1 saturated heterocycles. The Morgan fingerprint density at radius 3 is 2.38 bits per heavy atom. The molecule has 0 atom stereocenters. The number of carbonyl (C=O) groups is 4. The third-order valence-electron chi connectivity index (χ3n) is 4.54. The van der Waals surface area contributed by atoms with Crippen molar-refractivity contribution in [3.05, 3.63) is 58.3 Å². The van der Waals surface area contributed by atoms with Crippen LogP contribution in [0.1, 0.15) is 32.9 Å². The molecular weight excluding hydrogens is 394 g/mol. The molecule has 2 N–H and O–H groups in total. The molecule has 3 amide bonds. The second-order valence-corrected chi connectivity index (χ2v) is 7.47. The molecule has 0 aliphatic carbocycles. The number of amides is 3. The van der Waals surface area contributed by atoms with Gasteiger partial charge in [-0.2, -0.15) is 0 Å². The van der Waals surface area contributed by atoms with Crippen molar-refractivity contribution >= 4 is 35.0 Å². The zero-order valence-corrected chi connectivity index (χ0v) is 16.4. The predicted octanol–water partition coefficient (Wildman–Crippen LogP) is 1.60. The van der Waals surface area contributed by atoms with E-state index in [4.69, 9.17) is 4.74 Å². The highest BCUT2D eigenvalue weighted by Crippen LogP contribution is 2.21. The molecule has 9 heteroatoms. The Balaban J connectivity index is 1.36. The van der Waals surface area contributed by atoms with E-state index in [0.29, 0.717) is 36.4 Å². The molecule has 3 rings (SSSR count). The summed E-state index contributed by atoms with van der Waals surface area (Å²) < 4.78 is 5.05. The number of likely N-dealkylation sites (tertiary alicyclic amines) is 1. The first-order valence-electron chi connectivity index (χ1n) is 9.18. The van der Waals surface area contributed by atoms with Gasteiger partial charge < -0.3 is 9.64 Å². The highest BCUT2D eigenvalue weighted by molar-refractivity contribution is 7.12. The Labute approximate surface area is 171 Å². The van der Waals surface area contributed by atoms with E-state index >= 15 is 0 Å². The van der Waals surface area contributed by atoms with Gasteiger partial charge in [-0.05, 0) is 36.4 Å². The quantitative estimate of drug-likeness (QED) is 0.570. The van der Waals surface area contributed by atoms with Crippen LogP contribution in [-0.2, 0) is 14.3 Å². The van der Waals surface area contributed by atoms with Crippen molar-refractivity contribution in [1.82, 2.24) is 15.8 Å². The maximum atomic E-state index is 12.3. The van der Waals surface area contributed by atoms with Crippen molar-refractivity contribution in [2.24, 2.45) is 5.92 Å². The molecule has 1 fully saturated rings. The van der Waals surface area contributed by atoms with E-state index in [1.54, 1.807) is 41.3 Å². The molecule has 0 unspecified atom stereocenters.